The fourth-order valence-corrected chi connectivity index (χ4v) is 2.63. The first-order valence-corrected chi connectivity index (χ1v) is 8.25. The van der Waals surface area contributed by atoms with Crippen molar-refractivity contribution in [2.75, 3.05) is 13.2 Å². The van der Waals surface area contributed by atoms with Gasteiger partial charge in [-0.15, -0.1) is 0 Å². The first-order valence-electron chi connectivity index (χ1n) is 8.25. The van der Waals surface area contributed by atoms with Crippen LogP contribution in [0.3, 0.4) is 0 Å². The molecular formula is C17H18N4O5. The van der Waals surface area contributed by atoms with Gasteiger partial charge in [0.15, 0.2) is 5.65 Å². The van der Waals surface area contributed by atoms with Crippen molar-refractivity contribution in [2.24, 2.45) is 0 Å². The quantitative estimate of drug-likeness (QED) is 0.609. The average Bonchev–Trinajstić information content (AvgIpc) is 3.06. The summed E-state index contributed by atoms with van der Waals surface area (Å²) in [5.74, 6) is -0.878. The zero-order chi connectivity index (χ0) is 18.7. The predicted octanol–water partition coefficient (Wildman–Crippen LogP) is 1.17. The van der Waals surface area contributed by atoms with Gasteiger partial charge in [-0.3, -0.25) is 9.59 Å². The lowest BCUT2D eigenvalue weighted by Gasteiger charge is -2.08. The van der Waals surface area contributed by atoms with E-state index in [9.17, 15) is 14.4 Å². The number of carbonyl (C=O) groups excluding carboxylic acids is 2. The third kappa shape index (κ3) is 3.15. The molecule has 0 atom stereocenters. The van der Waals surface area contributed by atoms with Gasteiger partial charge in [0, 0.05) is 18.9 Å². The number of nitrogens with zero attached hydrogens (tertiary/aromatic N) is 4. The largest absolute Gasteiger partial charge is 0.466 e. The molecule has 9 nitrogen and oxygen atoms in total. The van der Waals surface area contributed by atoms with Gasteiger partial charge in [0.2, 0.25) is 0 Å². The van der Waals surface area contributed by atoms with Gasteiger partial charge in [0.25, 0.3) is 5.56 Å². The van der Waals surface area contributed by atoms with Crippen LogP contribution in [0.1, 0.15) is 30.6 Å². The first-order chi connectivity index (χ1) is 12.6. The Morgan fingerprint density at radius 1 is 1.15 bits per heavy atom. The Labute approximate surface area is 148 Å². The van der Waals surface area contributed by atoms with Crippen molar-refractivity contribution >= 4 is 28.5 Å². The van der Waals surface area contributed by atoms with Crippen LogP contribution in [0.4, 0.5) is 0 Å². The molecule has 0 unspecified atom stereocenters. The minimum absolute atomic E-state index is 0.101. The lowest BCUT2D eigenvalue weighted by molar-refractivity contribution is -0.143. The number of aromatic nitrogens is 4. The second-order valence-electron chi connectivity index (χ2n) is 5.44. The third-order valence-corrected chi connectivity index (χ3v) is 3.83. The minimum atomic E-state index is -0.517. The van der Waals surface area contributed by atoms with Crippen molar-refractivity contribution in [2.45, 2.75) is 26.8 Å². The standard InChI is InChI=1S/C17H18N4O5/c1-3-25-14(22)6-8-20-7-5-13-11(16(20)23)9-18-15-12(10-19-21(13)15)17(24)26-4-2/h5,7,9-10H,3-4,6,8H2,1-2H3. The molecule has 0 aliphatic carbocycles. The fourth-order valence-electron chi connectivity index (χ4n) is 2.63. The molecule has 0 bridgehead atoms. The number of fused-ring (bicyclic) bond motifs is 3. The van der Waals surface area contributed by atoms with Crippen LogP contribution in [0.5, 0.6) is 0 Å². The summed E-state index contributed by atoms with van der Waals surface area (Å²) in [4.78, 5) is 40.2. The number of pyridine rings is 1. The van der Waals surface area contributed by atoms with Crippen LogP contribution in [0, 0.1) is 0 Å². The molecule has 0 aliphatic rings. The highest BCUT2D eigenvalue weighted by molar-refractivity contribution is 5.96. The van der Waals surface area contributed by atoms with Crippen LogP contribution in [0.25, 0.3) is 16.6 Å². The summed E-state index contributed by atoms with van der Waals surface area (Å²) in [7, 11) is 0. The van der Waals surface area contributed by atoms with Crippen molar-refractivity contribution in [1.82, 2.24) is 19.2 Å². The van der Waals surface area contributed by atoms with E-state index in [1.54, 1.807) is 26.1 Å². The number of hydrogen-bond acceptors (Lipinski definition) is 7. The Morgan fingerprint density at radius 3 is 2.65 bits per heavy atom. The first kappa shape index (κ1) is 17.6. The van der Waals surface area contributed by atoms with Crippen LogP contribution in [0.15, 0.2) is 29.5 Å². The number of aryl methyl sites for hydroxylation is 1. The average molecular weight is 358 g/mol. The molecule has 0 saturated carbocycles. The van der Waals surface area contributed by atoms with E-state index >= 15 is 0 Å². The van der Waals surface area contributed by atoms with Crippen molar-refractivity contribution in [1.29, 1.82) is 0 Å². The van der Waals surface area contributed by atoms with E-state index in [0.717, 1.165) is 0 Å². The maximum absolute atomic E-state index is 12.6. The van der Waals surface area contributed by atoms with E-state index in [1.165, 1.54) is 21.5 Å². The molecule has 0 aliphatic heterocycles. The maximum Gasteiger partial charge on any atom is 0.343 e. The van der Waals surface area contributed by atoms with Gasteiger partial charge < -0.3 is 14.0 Å². The number of rotatable bonds is 6. The number of esters is 2. The maximum atomic E-state index is 12.6. The van der Waals surface area contributed by atoms with Crippen LogP contribution in [-0.4, -0.2) is 44.3 Å². The predicted molar refractivity (Wildman–Crippen MR) is 92.0 cm³/mol. The van der Waals surface area contributed by atoms with Crippen molar-refractivity contribution in [3.63, 3.8) is 0 Å². The summed E-state index contributed by atoms with van der Waals surface area (Å²) >= 11 is 0. The van der Waals surface area contributed by atoms with Crippen molar-refractivity contribution in [3.8, 4) is 0 Å². The molecule has 0 N–H and O–H groups in total. The number of carbonyl (C=O) groups is 2. The van der Waals surface area contributed by atoms with Gasteiger partial charge in [-0.1, -0.05) is 0 Å². The highest BCUT2D eigenvalue weighted by Crippen LogP contribution is 2.15. The zero-order valence-corrected chi connectivity index (χ0v) is 14.5. The lowest BCUT2D eigenvalue weighted by Crippen LogP contribution is -2.22. The SMILES string of the molecule is CCOC(=O)CCn1ccc2c(cnc3c(C(=O)OCC)cnn32)c1=O. The van der Waals surface area contributed by atoms with E-state index in [4.69, 9.17) is 9.47 Å². The summed E-state index contributed by atoms with van der Waals surface area (Å²) in [5, 5.41) is 4.49. The van der Waals surface area contributed by atoms with Crippen LogP contribution < -0.4 is 5.56 Å². The Balaban J connectivity index is 2.00. The monoisotopic (exact) mass is 358 g/mol. The van der Waals surface area contributed by atoms with E-state index < -0.39 is 5.97 Å². The van der Waals surface area contributed by atoms with E-state index in [2.05, 4.69) is 10.1 Å². The molecule has 3 rings (SSSR count). The summed E-state index contributed by atoms with van der Waals surface area (Å²) in [6, 6.07) is 1.69. The summed E-state index contributed by atoms with van der Waals surface area (Å²) in [6.07, 6.45) is 4.45. The van der Waals surface area contributed by atoms with E-state index in [0.29, 0.717) is 23.2 Å². The summed E-state index contributed by atoms with van der Waals surface area (Å²) in [6.45, 7) is 4.19. The molecule has 0 amide bonds. The number of ether oxygens (including phenoxy) is 2. The molecule has 0 saturated heterocycles. The van der Waals surface area contributed by atoms with Gasteiger partial charge in [0.05, 0.1) is 36.7 Å². The molecule has 0 spiro atoms. The van der Waals surface area contributed by atoms with E-state index in [-0.39, 0.29) is 36.7 Å². The molecule has 136 valence electrons. The Bertz CT molecular complexity index is 1040. The van der Waals surface area contributed by atoms with Crippen LogP contribution in [-0.2, 0) is 20.8 Å². The molecular weight excluding hydrogens is 340 g/mol. The molecule has 3 aromatic rings. The molecule has 3 aromatic heterocycles. The van der Waals surface area contributed by atoms with Gasteiger partial charge in [0.1, 0.15) is 5.56 Å². The normalized spacial score (nSPS) is 11.0. The van der Waals surface area contributed by atoms with E-state index in [1.807, 2.05) is 0 Å². The molecule has 3 heterocycles. The third-order valence-electron chi connectivity index (χ3n) is 3.83. The number of hydrogen-bond donors (Lipinski definition) is 0. The van der Waals surface area contributed by atoms with Crippen LogP contribution >= 0.6 is 0 Å². The zero-order valence-electron chi connectivity index (χ0n) is 14.5. The molecule has 0 fully saturated rings. The molecule has 26 heavy (non-hydrogen) atoms. The summed E-state index contributed by atoms with van der Waals surface area (Å²) < 4.78 is 12.7. The lowest BCUT2D eigenvalue weighted by atomic mass is 10.3. The van der Waals surface area contributed by atoms with Crippen molar-refractivity contribution < 1.29 is 19.1 Å². The van der Waals surface area contributed by atoms with Gasteiger partial charge in [-0.05, 0) is 19.9 Å². The smallest absolute Gasteiger partial charge is 0.343 e. The Hall–Kier alpha value is -3.23. The van der Waals surface area contributed by atoms with Crippen LogP contribution in [0.2, 0.25) is 0 Å². The molecule has 0 aromatic carbocycles. The highest BCUT2D eigenvalue weighted by atomic mass is 16.5. The Morgan fingerprint density at radius 2 is 1.92 bits per heavy atom. The second-order valence-corrected chi connectivity index (χ2v) is 5.44. The van der Waals surface area contributed by atoms with Gasteiger partial charge in [-0.2, -0.15) is 5.10 Å². The second kappa shape index (κ2) is 7.34. The Kier molecular flexibility index (Phi) is 4.97. The topological polar surface area (TPSA) is 105 Å². The highest BCUT2D eigenvalue weighted by Gasteiger charge is 2.17. The molecule has 9 heteroatoms. The van der Waals surface area contributed by atoms with Gasteiger partial charge >= 0.3 is 11.9 Å². The minimum Gasteiger partial charge on any atom is -0.466 e. The fraction of sp³-hybridized carbons (Fsp3) is 0.353. The molecule has 0 radical (unpaired) electrons. The summed E-state index contributed by atoms with van der Waals surface area (Å²) in [5.41, 5.74) is 0.775. The van der Waals surface area contributed by atoms with Gasteiger partial charge in [-0.25, -0.2) is 14.3 Å². The van der Waals surface area contributed by atoms with Crippen molar-refractivity contribution in [3.05, 3.63) is 40.6 Å².